The third kappa shape index (κ3) is 6.09. The summed E-state index contributed by atoms with van der Waals surface area (Å²) in [6, 6.07) is 8.72. The van der Waals surface area contributed by atoms with Gasteiger partial charge in [-0.25, -0.2) is 9.37 Å². The number of aliphatic carboxylic acids is 1. The highest BCUT2D eigenvalue weighted by Gasteiger charge is 2.27. The van der Waals surface area contributed by atoms with Crippen LogP contribution in [0.4, 0.5) is 4.39 Å². The van der Waals surface area contributed by atoms with Crippen molar-refractivity contribution >= 4 is 5.97 Å². The number of carboxylic acids is 1. The fourth-order valence-electron chi connectivity index (χ4n) is 4.20. The van der Waals surface area contributed by atoms with E-state index in [9.17, 15) is 9.18 Å². The maximum Gasteiger partial charge on any atom is 0.303 e. The Kier molecular flexibility index (Phi) is 7.84. The first-order chi connectivity index (χ1) is 16.9. The van der Waals surface area contributed by atoms with Crippen LogP contribution in [-0.4, -0.2) is 34.4 Å². The zero-order valence-corrected chi connectivity index (χ0v) is 19.8. The van der Waals surface area contributed by atoms with Crippen LogP contribution in [0.5, 0.6) is 17.4 Å². The fourth-order valence-corrected chi connectivity index (χ4v) is 4.20. The van der Waals surface area contributed by atoms with Crippen molar-refractivity contribution in [2.75, 3.05) is 7.11 Å². The highest BCUT2D eigenvalue weighted by Crippen LogP contribution is 2.38. The van der Waals surface area contributed by atoms with E-state index in [-0.39, 0.29) is 42.3 Å². The van der Waals surface area contributed by atoms with Crippen LogP contribution in [0.1, 0.15) is 62.6 Å². The molecule has 0 unspecified atom stereocenters. The van der Waals surface area contributed by atoms with Crippen molar-refractivity contribution in [3.8, 4) is 28.7 Å². The molecule has 0 radical (unpaired) electrons. The first-order valence-electron chi connectivity index (χ1n) is 11.7. The zero-order chi connectivity index (χ0) is 24.8. The number of hydrogen-bond donors (Lipinski definition) is 1. The molecule has 8 nitrogen and oxygen atoms in total. The smallest absolute Gasteiger partial charge is 0.303 e. The number of pyridine rings is 1. The number of nitrogens with zero attached hydrogens (tertiary/aromatic N) is 2. The molecule has 1 fully saturated rings. The molecule has 1 aliphatic carbocycles. The van der Waals surface area contributed by atoms with E-state index in [1.54, 1.807) is 6.07 Å². The second-order valence-corrected chi connectivity index (χ2v) is 8.73. The van der Waals surface area contributed by atoms with Crippen LogP contribution in [0.3, 0.4) is 0 Å². The number of benzene rings is 1. The average Bonchev–Trinajstić information content (AvgIpc) is 3.25. The second-order valence-electron chi connectivity index (χ2n) is 8.73. The predicted octanol–water partition coefficient (Wildman–Crippen LogP) is 5.75. The highest BCUT2D eigenvalue weighted by molar-refractivity contribution is 5.68. The van der Waals surface area contributed by atoms with Crippen molar-refractivity contribution in [3.63, 3.8) is 0 Å². The maximum atomic E-state index is 14.7. The summed E-state index contributed by atoms with van der Waals surface area (Å²) < 4.78 is 37.7. The van der Waals surface area contributed by atoms with Gasteiger partial charge in [0.15, 0.2) is 17.3 Å². The summed E-state index contributed by atoms with van der Waals surface area (Å²) in [5, 5.41) is 13.2. The van der Waals surface area contributed by atoms with Crippen LogP contribution in [0.25, 0.3) is 11.3 Å². The molecule has 2 aromatic heterocycles. The van der Waals surface area contributed by atoms with E-state index < -0.39 is 11.8 Å². The normalized spacial score (nSPS) is 14.9. The van der Waals surface area contributed by atoms with Crippen molar-refractivity contribution in [2.24, 2.45) is 0 Å². The van der Waals surface area contributed by atoms with Crippen molar-refractivity contribution in [1.82, 2.24) is 10.1 Å². The Bertz CT molecular complexity index is 1160. The number of methoxy groups -OCH3 is 1. The second kappa shape index (κ2) is 11.2. The number of rotatable bonds is 10. The molecule has 4 rings (SSSR count). The predicted molar refractivity (Wildman–Crippen MR) is 125 cm³/mol. The van der Waals surface area contributed by atoms with Crippen LogP contribution in [0.15, 0.2) is 41.1 Å². The number of hydrogen-bond acceptors (Lipinski definition) is 7. The monoisotopic (exact) mass is 484 g/mol. The summed E-state index contributed by atoms with van der Waals surface area (Å²) in [7, 11) is 1.45. The van der Waals surface area contributed by atoms with Crippen LogP contribution in [-0.2, 0) is 11.4 Å². The number of halogens is 1. The van der Waals surface area contributed by atoms with Crippen molar-refractivity contribution in [3.05, 3.63) is 53.6 Å². The Morgan fingerprint density at radius 2 is 2.06 bits per heavy atom. The molecule has 0 aliphatic heterocycles. The summed E-state index contributed by atoms with van der Waals surface area (Å²) in [6.07, 6.45) is 6.17. The summed E-state index contributed by atoms with van der Waals surface area (Å²) in [5.41, 5.74) is 1.41. The van der Waals surface area contributed by atoms with Gasteiger partial charge in [-0.05, 0) is 49.3 Å². The van der Waals surface area contributed by atoms with E-state index in [0.717, 1.165) is 37.4 Å². The van der Waals surface area contributed by atoms with Gasteiger partial charge in [0.2, 0.25) is 11.6 Å². The van der Waals surface area contributed by atoms with E-state index in [0.29, 0.717) is 17.2 Å². The molecule has 0 bridgehead atoms. The molecule has 2 heterocycles. The van der Waals surface area contributed by atoms with Gasteiger partial charge in [-0.2, -0.15) is 0 Å². The Hall–Kier alpha value is -3.62. The van der Waals surface area contributed by atoms with Gasteiger partial charge < -0.3 is 23.8 Å². The molecule has 1 atom stereocenters. The third-order valence-corrected chi connectivity index (χ3v) is 6.12. The van der Waals surface area contributed by atoms with E-state index in [1.807, 2.05) is 25.1 Å². The van der Waals surface area contributed by atoms with Crippen LogP contribution >= 0.6 is 0 Å². The largest absolute Gasteiger partial charge is 0.487 e. The first-order valence-corrected chi connectivity index (χ1v) is 11.7. The van der Waals surface area contributed by atoms with Gasteiger partial charge in [-0.3, -0.25) is 4.79 Å². The maximum absolute atomic E-state index is 14.7. The van der Waals surface area contributed by atoms with E-state index in [4.69, 9.17) is 23.8 Å². The molecule has 0 amide bonds. The van der Waals surface area contributed by atoms with E-state index >= 15 is 0 Å². The molecule has 1 saturated carbocycles. The van der Waals surface area contributed by atoms with E-state index in [1.165, 1.54) is 19.6 Å². The number of ether oxygens (including phenoxy) is 3. The molecule has 0 saturated heterocycles. The quantitative estimate of drug-likeness (QED) is 0.388. The molecule has 186 valence electrons. The molecule has 1 aromatic carbocycles. The summed E-state index contributed by atoms with van der Waals surface area (Å²) in [6.45, 7) is 1.89. The van der Waals surface area contributed by atoms with Gasteiger partial charge >= 0.3 is 5.97 Å². The van der Waals surface area contributed by atoms with Gasteiger partial charge in [-0.1, -0.05) is 30.6 Å². The molecule has 1 aliphatic rings. The van der Waals surface area contributed by atoms with Gasteiger partial charge in [0.25, 0.3) is 0 Å². The molecule has 35 heavy (non-hydrogen) atoms. The van der Waals surface area contributed by atoms with Crippen LogP contribution in [0.2, 0.25) is 0 Å². The number of aromatic nitrogens is 2. The van der Waals surface area contributed by atoms with Crippen molar-refractivity contribution < 1.29 is 33.0 Å². The molecule has 1 N–H and O–H groups in total. The molecule has 0 spiro atoms. The Morgan fingerprint density at radius 1 is 1.26 bits per heavy atom. The van der Waals surface area contributed by atoms with Gasteiger partial charge in [0.05, 0.1) is 31.4 Å². The molecular weight excluding hydrogens is 455 g/mol. The lowest BCUT2D eigenvalue weighted by atomic mass is 9.97. The minimum Gasteiger partial charge on any atom is -0.487 e. The standard InChI is InChI=1S/C26H29FN2O6/c1-16(11-24(30)31)17-7-6-10-19(12-17)33-15-22-26(34-18-8-4-3-5-9-18)25(35-29-22)20-13-23(32-2)28-14-21(20)27/h6-7,10,12-14,16,18H,3-5,8-9,11,15H2,1-2H3,(H,30,31)/t16-/m1/s1. The van der Waals surface area contributed by atoms with Crippen molar-refractivity contribution in [1.29, 1.82) is 0 Å². The van der Waals surface area contributed by atoms with Crippen LogP contribution in [0, 0.1) is 5.82 Å². The van der Waals surface area contributed by atoms with E-state index in [2.05, 4.69) is 10.1 Å². The zero-order valence-electron chi connectivity index (χ0n) is 19.8. The molecule has 9 heteroatoms. The summed E-state index contributed by atoms with van der Waals surface area (Å²) in [4.78, 5) is 15.0. The average molecular weight is 485 g/mol. The van der Waals surface area contributed by atoms with Gasteiger partial charge in [0.1, 0.15) is 12.4 Å². The SMILES string of the molecule is COc1cc(-c2onc(COc3cccc([C@H](C)CC(=O)O)c3)c2OC2CCCCC2)c(F)cn1. The van der Waals surface area contributed by atoms with Crippen molar-refractivity contribution in [2.45, 2.75) is 64.1 Å². The first kappa shape index (κ1) is 24.5. The minimum atomic E-state index is -0.858. The number of carboxylic acid groups (broad SMARTS) is 1. The molecule has 3 aromatic rings. The van der Waals surface area contributed by atoms with Gasteiger partial charge in [-0.15, -0.1) is 0 Å². The van der Waals surface area contributed by atoms with Gasteiger partial charge in [0, 0.05) is 6.07 Å². The Morgan fingerprint density at radius 3 is 2.80 bits per heavy atom. The number of carbonyl (C=O) groups is 1. The fraction of sp³-hybridized carbons (Fsp3) is 0.423. The lowest BCUT2D eigenvalue weighted by molar-refractivity contribution is -0.137. The van der Waals surface area contributed by atoms with Crippen LogP contribution < -0.4 is 14.2 Å². The Labute approximate surface area is 203 Å². The topological polar surface area (TPSA) is 104 Å². The lowest BCUT2D eigenvalue weighted by Crippen LogP contribution is -2.20. The molecular formula is C26H29FN2O6. The Balaban J connectivity index is 1.60. The third-order valence-electron chi connectivity index (χ3n) is 6.12. The summed E-state index contributed by atoms with van der Waals surface area (Å²) >= 11 is 0. The highest BCUT2D eigenvalue weighted by atomic mass is 19.1. The lowest BCUT2D eigenvalue weighted by Gasteiger charge is -2.23. The minimum absolute atomic E-state index is 0.0207. The summed E-state index contributed by atoms with van der Waals surface area (Å²) in [5.74, 6) is -0.289.